The lowest BCUT2D eigenvalue weighted by Gasteiger charge is -2.20. The fourth-order valence-corrected chi connectivity index (χ4v) is 1.90. The van der Waals surface area contributed by atoms with Crippen LogP contribution in [0.3, 0.4) is 0 Å². The van der Waals surface area contributed by atoms with E-state index < -0.39 is 5.82 Å². The first-order valence-corrected chi connectivity index (χ1v) is 5.81. The summed E-state index contributed by atoms with van der Waals surface area (Å²) in [5, 5.41) is 8.96. The molecule has 0 bridgehead atoms. The van der Waals surface area contributed by atoms with Gasteiger partial charge in [-0.25, -0.2) is 9.37 Å². The molecule has 0 saturated carbocycles. The fourth-order valence-electron chi connectivity index (χ4n) is 1.90. The number of aliphatic hydroxyl groups excluding tert-OH is 1. The molecule has 0 fully saturated rings. The average molecular weight is 263 g/mol. The van der Waals surface area contributed by atoms with Gasteiger partial charge in [0.25, 0.3) is 5.91 Å². The number of carbonyl (C=O) groups excluding carboxylic acids is 1. The van der Waals surface area contributed by atoms with Gasteiger partial charge in [-0.05, 0) is 12.1 Å². The number of rotatable bonds is 5. The maximum Gasteiger partial charge on any atom is 0.256 e. The Hall–Kier alpha value is -2.21. The molecule has 1 heterocycles. The molecule has 1 aromatic carbocycles. The zero-order chi connectivity index (χ0) is 13.8. The van der Waals surface area contributed by atoms with Crippen molar-refractivity contribution in [1.82, 2.24) is 14.9 Å². The molecule has 0 atom stereocenters. The van der Waals surface area contributed by atoms with Crippen molar-refractivity contribution in [2.75, 3.05) is 19.7 Å². The Morgan fingerprint density at radius 3 is 3.05 bits per heavy atom. The number of aromatic nitrogens is 2. The third-order valence-corrected chi connectivity index (χ3v) is 2.73. The Balaban J connectivity index is 2.44. The van der Waals surface area contributed by atoms with Crippen LogP contribution in [0.4, 0.5) is 4.39 Å². The Kier molecular flexibility index (Phi) is 3.91. The third-order valence-electron chi connectivity index (χ3n) is 2.73. The number of imidazole rings is 1. The average Bonchev–Trinajstić information content (AvgIpc) is 2.84. The second-order valence-electron chi connectivity index (χ2n) is 4.02. The van der Waals surface area contributed by atoms with Crippen LogP contribution in [0.15, 0.2) is 31.1 Å². The Bertz CT molecular complexity index is 609. The van der Waals surface area contributed by atoms with Crippen molar-refractivity contribution in [2.45, 2.75) is 0 Å². The van der Waals surface area contributed by atoms with Gasteiger partial charge in [-0.3, -0.25) is 4.79 Å². The summed E-state index contributed by atoms with van der Waals surface area (Å²) in [6, 6.07) is 2.43. The summed E-state index contributed by atoms with van der Waals surface area (Å²) in [5.41, 5.74) is 1.05. The Morgan fingerprint density at radius 2 is 2.37 bits per heavy atom. The number of amides is 1. The number of halogens is 1. The summed E-state index contributed by atoms with van der Waals surface area (Å²) in [7, 11) is 0. The van der Waals surface area contributed by atoms with Crippen LogP contribution in [0.5, 0.6) is 0 Å². The van der Waals surface area contributed by atoms with Gasteiger partial charge in [0.05, 0.1) is 24.0 Å². The van der Waals surface area contributed by atoms with E-state index in [9.17, 15) is 9.18 Å². The van der Waals surface area contributed by atoms with E-state index in [0.717, 1.165) is 6.07 Å². The highest BCUT2D eigenvalue weighted by Crippen LogP contribution is 2.19. The number of fused-ring (bicyclic) bond motifs is 1. The number of nitrogens with one attached hydrogen (secondary N) is 1. The highest BCUT2D eigenvalue weighted by molar-refractivity contribution is 6.04. The zero-order valence-corrected chi connectivity index (χ0v) is 10.3. The van der Waals surface area contributed by atoms with Crippen LogP contribution in [-0.2, 0) is 0 Å². The lowest BCUT2D eigenvalue weighted by molar-refractivity contribution is 0.0744. The lowest BCUT2D eigenvalue weighted by Crippen LogP contribution is -2.33. The summed E-state index contributed by atoms with van der Waals surface area (Å²) in [4.78, 5) is 20.5. The molecule has 0 radical (unpaired) electrons. The molecule has 0 aliphatic rings. The topological polar surface area (TPSA) is 69.2 Å². The van der Waals surface area contributed by atoms with E-state index in [1.807, 2.05) is 0 Å². The van der Waals surface area contributed by atoms with Crippen molar-refractivity contribution >= 4 is 16.9 Å². The van der Waals surface area contributed by atoms with Crippen molar-refractivity contribution in [3.63, 3.8) is 0 Å². The number of aromatic amines is 1. The Morgan fingerprint density at radius 1 is 1.58 bits per heavy atom. The van der Waals surface area contributed by atoms with Gasteiger partial charge in [0.2, 0.25) is 0 Å². The molecule has 19 heavy (non-hydrogen) atoms. The normalized spacial score (nSPS) is 10.6. The molecule has 0 aliphatic heterocycles. The highest BCUT2D eigenvalue weighted by atomic mass is 19.1. The van der Waals surface area contributed by atoms with Gasteiger partial charge >= 0.3 is 0 Å². The first kappa shape index (κ1) is 13.2. The van der Waals surface area contributed by atoms with Crippen molar-refractivity contribution in [1.29, 1.82) is 0 Å². The number of hydrogen-bond donors (Lipinski definition) is 2. The van der Waals surface area contributed by atoms with E-state index in [1.54, 1.807) is 6.08 Å². The van der Waals surface area contributed by atoms with Gasteiger partial charge in [0, 0.05) is 13.1 Å². The van der Waals surface area contributed by atoms with Crippen LogP contribution in [0.2, 0.25) is 0 Å². The van der Waals surface area contributed by atoms with Gasteiger partial charge in [-0.15, -0.1) is 6.58 Å². The number of nitrogens with zero attached hydrogens (tertiary/aromatic N) is 2. The number of benzene rings is 1. The molecule has 0 saturated heterocycles. The standard InChI is InChI=1S/C13H14FN3O2/c1-2-3-17(4-5-18)13(19)10-6-9(14)7-11-12(10)16-8-15-11/h2,6-8,18H,1,3-5H2,(H,15,16). The summed E-state index contributed by atoms with van der Waals surface area (Å²) in [6.45, 7) is 3.83. The van der Waals surface area contributed by atoms with Crippen molar-refractivity contribution < 1.29 is 14.3 Å². The third kappa shape index (κ3) is 2.63. The van der Waals surface area contributed by atoms with Crippen molar-refractivity contribution in [3.8, 4) is 0 Å². The van der Waals surface area contributed by atoms with Crippen LogP contribution in [0, 0.1) is 5.82 Å². The second kappa shape index (κ2) is 5.62. The molecular weight excluding hydrogens is 249 g/mol. The molecule has 5 nitrogen and oxygen atoms in total. The molecule has 1 amide bonds. The van der Waals surface area contributed by atoms with E-state index >= 15 is 0 Å². The molecule has 0 unspecified atom stereocenters. The quantitative estimate of drug-likeness (QED) is 0.799. The van der Waals surface area contributed by atoms with Crippen molar-refractivity contribution in [3.05, 3.63) is 42.5 Å². The van der Waals surface area contributed by atoms with Crippen LogP contribution in [0.1, 0.15) is 10.4 Å². The minimum Gasteiger partial charge on any atom is -0.395 e. The summed E-state index contributed by atoms with van der Waals surface area (Å²) >= 11 is 0. The van der Waals surface area contributed by atoms with E-state index in [4.69, 9.17) is 5.11 Å². The molecule has 0 spiro atoms. The molecule has 2 N–H and O–H groups in total. The first-order chi connectivity index (χ1) is 9.17. The molecular formula is C13H14FN3O2. The number of carbonyl (C=O) groups is 1. The maximum atomic E-state index is 13.5. The van der Waals surface area contributed by atoms with Gasteiger partial charge in [-0.1, -0.05) is 6.08 Å². The molecule has 2 rings (SSSR count). The Labute approximate surface area is 109 Å². The minimum atomic E-state index is -0.511. The summed E-state index contributed by atoms with van der Waals surface area (Å²) in [6.07, 6.45) is 2.96. The predicted molar refractivity (Wildman–Crippen MR) is 69.2 cm³/mol. The predicted octanol–water partition coefficient (Wildman–Crippen LogP) is 1.32. The molecule has 0 aliphatic carbocycles. The highest BCUT2D eigenvalue weighted by Gasteiger charge is 2.19. The molecule has 2 aromatic rings. The second-order valence-corrected chi connectivity index (χ2v) is 4.02. The number of H-pyrrole nitrogens is 1. The van der Waals surface area contributed by atoms with Crippen LogP contribution in [-0.4, -0.2) is 45.6 Å². The summed E-state index contributed by atoms with van der Waals surface area (Å²) < 4.78 is 13.5. The monoisotopic (exact) mass is 263 g/mol. The lowest BCUT2D eigenvalue weighted by atomic mass is 10.1. The van der Waals surface area contributed by atoms with Gasteiger partial charge in [-0.2, -0.15) is 0 Å². The van der Waals surface area contributed by atoms with E-state index in [2.05, 4.69) is 16.5 Å². The number of hydrogen-bond acceptors (Lipinski definition) is 3. The van der Waals surface area contributed by atoms with Gasteiger partial charge in [0.15, 0.2) is 0 Å². The fraction of sp³-hybridized carbons (Fsp3) is 0.231. The SMILES string of the molecule is C=CCN(CCO)C(=O)c1cc(F)cc2[nH]cnc12. The van der Waals surface area contributed by atoms with E-state index in [1.165, 1.54) is 17.3 Å². The first-order valence-electron chi connectivity index (χ1n) is 5.81. The molecule has 100 valence electrons. The summed E-state index contributed by atoms with van der Waals surface area (Å²) in [5.74, 6) is -0.895. The molecule has 6 heteroatoms. The van der Waals surface area contributed by atoms with Crippen LogP contribution < -0.4 is 0 Å². The smallest absolute Gasteiger partial charge is 0.256 e. The van der Waals surface area contributed by atoms with Crippen molar-refractivity contribution in [2.24, 2.45) is 0 Å². The molecule has 1 aromatic heterocycles. The largest absolute Gasteiger partial charge is 0.395 e. The van der Waals surface area contributed by atoms with Gasteiger partial charge in [0.1, 0.15) is 11.3 Å². The van der Waals surface area contributed by atoms with Crippen LogP contribution >= 0.6 is 0 Å². The van der Waals surface area contributed by atoms with Gasteiger partial charge < -0.3 is 15.0 Å². The maximum absolute atomic E-state index is 13.5. The minimum absolute atomic E-state index is 0.160. The zero-order valence-electron chi connectivity index (χ0n) is 10.3. The number of aliphatic hydroxyl groups is 1. The van der Waals surface area contributed by atoms with E-state index in [0.29, 0.717) is 11.0 Å². The van der Waals surface area contributed by atoms with E-state index in [-0.39, 0.29) is 31.2 Å². The van der Waals surface area contributed by atoms with Crippen LogP contribution in [0.25, 0.3) is 11.0 Å².